The van der Waals surface area contributed by atoms with Crippen LogP contribution in [0.1, 0.15) is 43.0 Å². The summed E-state index contributed by atoms with van der Waals surface area (Å²) in [5.74, 6) is 1.75. The van der Waals surface area contributed by atoms with Crippen LogP contribution in [0.15, 0.2) is 36.4 Å². The lowest BCUT2D eigenvalue weighted by molar-refractivity contribution is 0.0570. The van der Waals surface area contributed by atoms with Crippen LogP contribution in [0.5, 0.6) is 5.75 Å². The van der Waals surface area contributed by atoms with Gasteiger partial charge in [-0.1, -0.05) is 12.1 Å². The Morgan fingerprint density at radius 1 is 0.951 bits per heavy atom. The molecule has 41 heavy (non-hydrogen) atoms. The first kappa shape index (κ1) is 29.1. The fourth-order valence-electron chi connectivity index (χ4n) is 6.36. The van der Waals surface area contributed by atoms with Crippen LogP contribution >= 0.6 is 0 Å². The van der Waals surface area contributed by atoms with E-state index in [1.807, 2.05) is 41.3 Å². The fraction of sp³-hybridized carbons (Fsp3) is 0.581. The van der Waals surface area contributed by atoms with E-state index in [2.05, 4.69) is 9.80 Å². The number of piperazine rings is 1. The first-order valence-electron chi connectivity index (χ1n) is 15.0. The van der Waals surface area contributed by atoms with Crippen molar-refractivity contribution in [3.63, 3.8) is 0 Å². The Bertz CT molecular complexity index is 1190. The minimum Gasteiger partial charge on any atom is -0.496 e. The van der Waals surface area contributed by atoms with Gasteiger partial charge in [0.1, 0.15) is 11.6 Å². The van der Waals surface area contributed by atoms with Crippen molar-refractivity contribution < 1.29 is 24.2 Å². The minimum atomic E-state index is -0.329. The molecule has 1 unspecified atom stereocenters. The number of aromatic nitrogens is 1. The third kappa shape index (κ3) is 6.59. The molecule has 3 saturated heterocycles. The van der Waals surface area contributed by atoms with Gasteiger partial charge in [-0.3, -0.25) is 9.69 Å². The van der Waals surface area contributed by atoms with Gasteiger partial charge in [0, 0.05) is 64.0 Å². The Morgan fingerprint density at radius 2 is 1.68 bits per heavy atom. The molecular weight excluding hydrogens is 522 g/mol. The lowest BCUT2D eigenvalue weighted by Crippen LogP contribution is -2.51. The van der Waals surface area contributed by atoms with Gasteiger partial charge in [0.2, 0.25) is 0 Å². The van der Waals surface area contributed by atoms with Gasteiger partial charge in [0.25, 0.3) is 5.91 Å². The van der Waals surface area contributed by atoms with E-state index in [1.165, 1.54) is 0 Å². The number of piperidine rings is 2. The predicted molar refractivity (Wildman–Crippen MR) is 157 cm³/mol. The van der Waals surface area contributed by atoms with E-state index >= 15 is 0 Å². The van der Waals surface area contributed by atoms with Crippen molar-refractivity contribution in [1.82, 2.24) is 19.7 Å². The molecule has 2 aromatic rings. The number of benzene rings is 1. The number of aliphatic hydroxyl groups is 1. The quantitative estimate of drug-likeness (QED) is 0.546. The molecule has 1 aromatic carbocycles. The van der Waals surface area contributed by atoms with Crippen molar-refractivity contribution >= 4 is 17.8 Å². The molecule has 3 aliphatic heterocycles. The zero-order valence-corrected chi connectivity index (χ0v) is 24.3. The summed E-state index contributed by atoms with van der Waals surface area (Å²) >= 11 is 0. The van der Waals surface area contributed by atoms with Crippen LogP contribution in [0.4, 0.5) is 10.6 Å². The fourth-order valence-corrected chi connectivity index (χ4v) is 6.36. The number of aliphatic hydroxyl groups excluding tert-OH is 1. The number of likely N-dealkylation sites (tertiary alicyclic amines) is 1. The topological polar surface area (TPSA) is 98.7 Å². The molecule has 10 heteroatoms. The van der Waals surface area contributed by atoms with Crippen molar-refractivity contribution in [2.75, 3.05) is 77.6 Å². The highest BCUT2D eigenvalue weighted by Crippen LogP contribution is 2.33. The Balaban J connectivity index is 1.37. The van der Waals surface area contributed by atoms with Gasteiger partial charge in [-0.15, -0.1) is 0 Å². The molecule has 5 rings (SSSR count). The van der Waals surface area contributed by atoms with Gasteiger partial charge in [-0.2, -0.15) is 0 Å². The number of carbonyl (C=O) groups excluding carboxylic acids is 2. The molecule has 1 aromatic heterocycles. The molecule has 222 valence electrons. The molecule has 0 radical (unpaired) electrons. The number of pyridine rings is 1. The van der Waals surface area contributed by atoms with E-state index in [9.17, 15) is 14.7 Å². The maximum Gasteiger partial charge on any atom is 0.409 e. The van der Waals surface area contributed by atoms with Crippen LogP contribution in [0.2, 0.25) is 0 Å². The molecule has 2 amide bonds. The second-order valence-electron chi connectivity index (χ2n) is 11.2. The monoisotopic (exact) mass is 565 g/mol. The van der Waals surface area contributed by atoms with Crippen LogP contribution in [0, 0.1) is 5.92 Å². The van der Waals surface area contributed by atoms with E-state index < -0.39 is 0 Å². The van der Waals surface area contributed by atoms with E-state index in [1.54, 1.807) is 18.9 Å². The standard InChI is InChI=1S/C31H43N5O5/c1-3-41-31(39)35-19-17-34(18-20-35)30(38)26-10-11-27(25-8-4-5-9-28(25)40-2)32-29(26)33-15-12-24(13-16-33)36-14-6-7-23(21-36)22-37/h4-5,8-11,23-24,37H,3,6-7,12-22H2,1-2H3. The van der Waals surface area contributed by atoms with Gasteiger partial charge in [0.05, 0.1) is 25.0 Å². The van der Waals surface area contributed by atoms with Gasteiger partial charge >= 0.3 is 6.09 Å². The number of hydrogen-bond acceptors (Lipinski definition) is 8. The SMILES string of the molecule is CCOC(=O)N1CCN(C(=O)c2ccc(-c3ccccc3OC)nc2N2CCC(N3CCCC(CO)C3)CC2)CC1. The highest BCUT2D eigenvalue weighted by atomic mass is 16.6. The molecule has 3 aliphatic rings. The summed E-state index contributed by atoms with van der Waals surface area (Å²) in [5.41, 5.74) is 2.24. The first-order chi connectivity index (χ1) is 20.0. The number of hydrogen-bond donors (Lipinski definition) is 1. The van der Waals surface area contributed by atoms with E-state index in [0.29, 0.717) is 56.1 Å². The van der Waals surface area contributed by atoms with Crippen LogP contribution < -0.4 is 9.64 Å². The number of amides is 2. The summed E-state index contributed by atoms with van der Waals surface area (Å²) in [4.78, 5) is 39.4. The maximum absolute atomic E-state index is 13.9. The summed E-state index contributed by atoms with van der Waals surface area (Å²) < 4.78 is 10.7. The lowest BCUT2D eigenvalue weighted by atomic mass is 9.94. The highest BCUT2D eigenvalue weighted by Gasteiger charge is 2.32. The summed E-state index contributed by atoms with van der Waals surface area (Å²) in [6.45, 7) is 7.86. The number of carbonyl (C=O) groups is 2. The summed E-state index contributed by atoms with van der Waals surface area (Å²) in [6, 6.07) is 12.1. The minimum absolute atomic E-state index is 0.0634. The summed E-state index contributed by atoms with van der Waals surface area (Å²) in [6.07, 6.45) is 3.89. The molecule has 1 atom stereocenters. The van der Waals surface area contributed by atoms with E-state index in [4.69, 9.17) is 14.5 Å². The number of methoxy groups -OCH3 is 1. The molecule has 0 spiro atoms. The highest BCUT2D eigenvalue weighted by molar-refractivity contribution is 5.99. The third-order valence-electron chi connectivity index (χ3n) is 8.67. The summed E-state index contributed by atoms with van der Waals surface area (Å²) in [7, 11) is 1.65. The van der Waals surface area contributed by atoms with Crippen molar-refractivity contribution in [3.8, 4) is 17.0 Å². The maximum atomic E-state index is 13.9. The Labute approximate surface area is 242 Å². The Hall–Kier alpha value is -3.37. The molecule has 4 heterocycles. The van der Waals surface area contributed by atoms with Gasteiger partial charge in [-0.25, -0.2) is 9.78 Å². The van der Waals surface area contributed by atoms with E-state index in [-0.39, 0.29) is 18.6 Å². The van der Waals surface area contributed by atoms with Crippen LogP contribution in [0.25, 0.3) is 11.3 Å². The van der Waals surface area contributed by atoms with Gasteiger partial charge in [0.15, 0.2) is 0 Å². The zero-order chi connectivity index (χ0) is 28.8. The largest absolute Gasteiger partial charge is 0.496 e. The van der Waals surface area contributed by atoms with Crippen molar-refractivity contribution in [3.05, 3.63) is 42.0 Å². The Kier molecular flexibility index (Phi) is 9.61. The molecule has 0 bridgehead atoms. The summed E-state index contributed by atoms with van der Waals surface area (Å²) in [5, 5.41) is 9.70. The Morgan fingerprint density at radius 3 is 2.39 bits per heavy atom. The van der Waals surface area contributed by atoms with Crippen molar-refractivity contribution in [2.45, 2.75) is 38.6 Å². The molecule has 1 N–H and O–H groups in total. The van der Waals surface area contributed by atoms with Gasteiger partial charge < -0.3 is 29.3 Å². The normalized spacial score (nSPS) is 20.7. The van der Waals surface area contributed by atoms with E-state index in [0.717, 1.165) is 68.9 Å². The van der Waals surface area contributed by atoms with Crippen molar-refractivity contribution in [1.29, 1.82) is 0 Å². The number of nitrogens with zero attached hydrogens (tertiary/aromatic N) is 5. The second kappa shape index (κ2) is 13.5. The number of ether oxygens (including phenoxy) is 2. The number of para-hydroxylation sites is 1. The predicted octanol–water partition coefficient (Wildman–Crippen LogP) is 3.34. The third-order valence-corrected chi connectivity index (χ3v) is 8.67. The molecule has 10 nitrogen and oxygen atoms in total. The average Bonchev–Trinajstić information content (AvgIpc) is 3.04. The molecule has 0 aliphatic carbocycles. The first-order valence-corrected chi connectivity index (χ1v) is 15.0. The average molecular weight is 566 g/mol. The van der Waals surface area contributed by atoms with Crippen LogP contribution in [0.3, 0.4) is 0 Å². The number of anilines is 1. The molecular formula is C31H43N5O5. The number of rotatable bonds is 7. The van der Waals surface area contributed by atoms with Crippen molar-refractivity contribution in [2.24, 2.45) is 5.92 Å². The smallest absolute Gasteiger partial charge is 0.409 e. The second-order valence-corrected chi connectivity index (χ2v) is 11.2. The van der Waals surface area contributed by atoms with Crippen LogP contribution in [-0.2, 0) is 4.74 Å². The zero-order valence-electron chi connectivity index (χ0n) is 24.3. The lowest BCUT2D eigenvalue weighted by Gasteiger charge is -2.42. The molecule has 0 saturated carbocycles. The molecule has 3 fully saturated rings. The van der Waals surface area contributed by atoms with Crippen LogP contribution in [-0.4, -0.2) is 116 Å². The van der Waals surface area contributed by atoms with Gasteiger partial charge in [-0.05, 0) is 69.3 Å².